The molecule has 0 aliphatic carbocycles. The van der Waals surface area contributed by atoms with E-state index in [1.807, 2.05) is 0 Å². The number of alkyl halides is 4. The Morgan fingerprint density at radius 1 is 1.43 bits per heavy atom. The van der Waals surface area contributed by atoms with Gasteiger partial charge >= 0.3 is 6.18 Å². The number of nitrogens with zero attached hydrogens (tertiary/aromatic N) is 2. The van der Waals surface area contributed by atoms with Gasteiger partial charge in [0.05, 0.1) is 11.8 Å². The van der Waals surface area contributed by atoms with Gasteiger partial charge in [-0.1, -0.05) is 28.1 Å². The summed E-state index contributed by atoms with van der Waals surface area (Å²) < 4.78 is 38.7. The van der Waals surface area contributed by atoms with E-state index < -0.39 is 11.7 Å². The summed E-state index contributed by atoms with van der Waals surface area (Å²) in [6.07, 6.45) is -3.10. The third kappa shape index (κ3) is 4.18. The maximum Gasteiger partial charge on any atom is 0.416 e. The molecule has 112 valence electrons. The summed E-state index contributed by atoms with van der Waals surface area (Å²) in [6.45, 7) is 0. The largest absolute Gasteiger partial charge is 0.416 e. The SMILES string of the molecule is Nc1csc(NN=Cc2ccc(CBr)c(C(F)(F)F)c2)n1. The van der Waals surface area contributed by atoms with Gasteiger partial charge in [-0.15, -0.1) is 11.3 Å². The van der Waals surface area contributed by atoms with E-state index in [0.717, 1.165) is 6.07 Å². The van der Waals surface area contributed by atoms with Gasteiger partial charge in [-0.2, -0.15) is 18.3 Å². The summed E-state index contributed by atoms with van der Waals surface area (Å²) >= 11 is 4.30. The molecule has 0 saturated heterocycles. The normalized spacial score (nSPS) is 12.0. The number of nitrogens with one attached hydrogen (secondary N) is 1. The van der Waals surface area contributed by atoms with Gasteiger partial charge in [0.2, 0.25) is 5.13 Å². The number of halogens is 4. The fraction of sp³-hybridized carbons (Fsp3) is 0.167. The van der Waals surface area contributed by atoms with E-state index in [1.54, 1.807) is 11.4 Å². The van der Waals surface area contributed by atoms with Gasteiger partial charge in [0.1, 0.15) is 5.82 Å². The molecule has 21 heavy (non-hydrogen) atoms. The lowest BCUT2D eigenvalue weighted by Gasteiger charge is -2.11. The van der Waals surface area contributed by atoms with E-state index in [2.05, 4.69) is 31.4 Å². The van der Waals surface area contributed by atoms with Gasteiger partial charge in [0.25, 0.3) is 0 Å². The maximum absolute atomic E-state index is 12.9. The molecule has 1 heterocycles. The first-order valence-corrected chi connectivity index (χ1v) is 7.66. The van der Waals surface area contributed by atoms with Gasteiger partial charge in [-0.3, -0.25) is 5.43 Å². The number of hydrazone groups is 1. The zero-order chi connectivity index (χ0) is 15.5. The summed E-state index contributed by atoms with van der Waals surface area (Å²) in [5.74, 6) is 0.360. The number of nitrogens with two attached hydrogens (primary N) is 1. The average Bonchev–Trinajstić information content (AvgIpc) is 2.83. The summed E-state index contributed by atoms with van der Waals surface area (Å²) in [6, 6.07) is 4.03. The van der Waals surface area contributed by atoms with E-state index in [1.165, 1.54) is 23.6 Å². The lowest BCUT2D eigenvalue weighted by molar-refractivity contribution is -0.138. The highest BCUT2D eigenvalue weighted by Gasteiger charge is 2.33. The third-order valence-corrected chi connectivity index (χ3v) is 3.85. The zero-order valence-electron chi connectivity index (χ0n) is 10.5. The minimum atomic E-state index is -4.40. The summed E-state index contributed by atoms with van der Waals surface area (Å²) in [7, 11) is 0. The van der Waals surface area contributed by atoms with Crippen molar-refractivity contribution in [2.24, 2.45) is 5.10 Å². The molecule has 1 aromatic carbocycles. The number of aromatic nitrogens is 1. The van der Waals surface area contributed by atoms with Crippen LogP contribution in [-0.2, 0) is 11.5 Å². The molecule has 0 aliphatic heterocycles. The fourth-order valence-corrected chi connectivity index (χ4v) is 2.59. The minimum absolute atomic E-state index is 0.135. The van der Waals surface area contributed by atoms with E-state index >= 15 is 0 Å². The number of nitrogen functional groups attached to an aromatic ring is 1. The van der Waals surface area contributed by atoms with Crippen molar-refractivity contribution < 1.29 is 13.2 Å². The molecule has 0 aliphatic rings. The molecule has 0 unspecified atom stereocenters. The Kier molecular flexibility index (Phi) is 4.84. The molecule has 0 atom stereocenters. The first-order valence-electron chi connectivity index (χ1n) is 5.66. The molecule has 1 aromatic heterocycles. The molecule has 0 radical (unpaired) electrons. The van der Waals surface area contributed by atoms with Gasteiger partial charge in [-0.25, -0.2) is 4.98 Å². The Labute approximate surface area is 131 Å². The quantitative estimate of drug-likeness (QED) is 0.478. The van der Waals surface area contributed by atoms with Crippen LogP contribution in [0.15, 0.2) is 28.7 Å². The molecule has 0 amide bonds. The smallest absolute Gasteiger partial charge is 0.383 e. The highest BCUT2D eigenvalue weighted by atomic mass is 79.9. The topological polar surface area (TPSA) is 63.3 Å². The Bertz CT molecular complexity index is 654. The molecule has 0 saturated carbocycles. The fourth-order valence-electron chi connectivity index (χ4n) is 1.55. The predicted octanol–water partition coefficient (Wildman–Crippen LogP) is 4.09. The molecule has 3 N–H and O–H groups in total. The molecular weight excluding hydrogens is 369 g/mol. The van der Waals surface area contributed by atoms with Gasteiger partial charge < -0.3 is 5.73 Å². The number of anilines is 2. The average molecular weight is 379 g/mol. The number of hydrogen-bond acceptors (Lipinski definition) is 5. The Balaban J connectivity index is 2.17. The monoisotopic (exact) mass is 378 g/mol. The van der Waals surface area contributed by atoms with E-state index in [9.17, 15) is 13.2 Å². The van der Waals surface area contributed by atoms with Crippen molar-refractivity contribution in [2.45, 2.75) is 11.5 Å². The second-order valence-corrected chi connectivity index (χ2v) is 5.41. The first kappa shape index (κ1) is 15.8. The molecule has 0 fully saturated rings. The second kappa shape index (κ2) is 6.44. The second-order valence-electron chi connectivity index (χ2n) is 4.00. The van der Waals surface area contributed by atoms with Crippen LogP contribution in [0.3, 0.4) is 0 Å². The van der Waals surface area contributed by atoms with Gasteiger partial charge in [0, 0.05) is 10.7 Å². The molecule has 0 bridgehead atoms. The van der Waals surface area contributed by atoms with Crippen molar-refractivity contribution >= 4 is 44.4 Å². The summed E-state index contributed by atoms with van der Waals surface area (Å²) in [5.41, 5.74) is 7.89. The van der Waals surface area contributed by atoms with Crippen LogP contribution in [0, 0.1) is 0 Å². The van der Waals surface area contributed by atoms with Crippen molar-refractivity contribution in [3.63, 3.8) is 0 Å². The summed E-state index contributed by atoms with van der Waals surface area (Å²) in [4.78, 5) is 3.91. The predicted molar refractivity (Wildman–Crippen MR) is 81.8 cm³/mol. The van der Waals surface area contributed by atoms with Crippen LogP contribution >= 0.6 is 27.3 Å². The van der Waals surface area contributed by atoms with Crippen LogP contribution in [-0.4, -0.2) is 11.2 Å². The van der Waals surface area contributed by atoms with Crippen molar-refractivity contribution in [1.82, 2.24) is 4.98 Å². The van der Waals surface area contributed by atoms with Crippen LogP contribution in [0.4, 0.5) is 24.1 Å². The lowest BCUT2D eigenvalue weighted by atomic mass is 10.1. The van der Waals surface area contributed by atoms with E-state index in [-0.39, 0.29) is 10.9 Å². The van der Waals surface area contributed by atoms with Crippen LogP contribution in [0.1, 0.15) is 16.7 Å². The number of rotatable bonds is 4. The van der Waals surface area contributed by atoms with Crippen LogP contribution in [0.5, 0.6) is 0 Å². The third-order valence-electron chi connectivity index (χ3n) is 2.48. The van der Waals surface area contributed by atoms with Crippen molar-refractivity contribution in [2.75, 3.05) is 11.2 Å². The Morgan fingerprint density at radius 3 is 2.76 bits per heavy atom. The van der Waals surface area contributed by atoms with Crippen molar-refractivity contribution in [1.29, 1.82) is 0 Å². The lowest BCUT2D eigenvalue weighted by Crippen LogP contribution is -2.09. The Morgan fingerprint density at radius 2 is 2.19 bits per heavy atom. The first-order chi connectivity index (χ1) is 9.90. The number of benzene rings is 1. The van der Waals surface area contributed by atoms with Crippen LogP contribution in [0.25, 0.3) is 0 Å². The number of hydrogen-bond donors (Lipinski definition) is 2. The van der Waals surface area contributed by atoms with Crippen LogP contribution < -0.4 is 11.2 Å². The molecule has 2 rings (SSSR count). The highest BCUT2D eigenvalue weighted by molar-refractivity contribution is 9.08. The van der Waals surface area contributed by atoms with Crippen LogP contribution in [0.2, 0.25) is 0 Å². The van der Waals surface area contributed by atoms with E-state index in [4.69, 9.17) is 5.73 Å². The standard InChI is InChI=1S/C12H10BrF3N4S/c13-4-8-2-1-7(3-9(8)12(14,15)16)5-18-20-11-19-10(17)6-21-11/h1-3,5-6H,4,17H2,(H,19,20). The zero-order valence-corrected chi connectivity index (χ0v) is 12.9. The molecule has 2 aromatic rings. The molecule has 4 nitrogen and oxygen atoms in total. The minimum Gasteiger partial charge on any atom is -0.383 e. The number of thiazole rings is 1. The van der Waals surface area contributed by atoms with E-state index in [0.29, 0.717) is 16.5 Å². The highest BCUT2D eigenvalue weighted by Crippen LogP contribution is 2.33. The van der Waals surface area contributed by atoms with Gasteiger partial charge in [-0.05, 0) is 17.2 Å². The van der Waals surface area contributed by atoms with Crippen molar-refractivity contribution in [3.8, 4) is 0 Å². The summed E-state index contributed by atoms with van der Waals surface area (Å²) in [5, 5.41) is 6.08. The van der Waals surface area contributed by atoms with Crippen molar-refractivity contribution in [3.05, 3.63) is 40.3 Å². The van der Waals surface area contributed by atoms with Gasteiger partial charge in [0.15, 0.2) is 0 Å². The molecule has 9 heteroatoms. The Hall–Kier alpha value is -1.61. The molecule has 0 spiro atoms. The maximum atomic E-state index is 12.9. The molecular formula is C12H10BrF3N4S.